The molecule has 1 aliphatic rings. The topological polar surface area (TPSA) is 175 Å². The van der Waals surface area contributed by atoms with Gasteiger partial charge >= 0.3 is 5.97 Å². The molecule has 11 nitrogen and oxygen atoms in total. The Bertz CT molecular complexity index is 1990. The van der Waals surface area contributed by atoms with Gasteiger partial charge in [-0.25, -0.2) is 0 Å². The molecule has 0 saturated carbocycles. The smallest absolute Gasteiger partial charge is 0.306 e. The van der Waals surface area contributed by atoms with Crippen LogP contribution >= 0.6 is 0 Å². The van der Waals surface area contributed by atoms with Crippen molar-refractivity contribution < 1.29 is 49.3 Å². The fourth-order valence-electron chi connectivity index (χ4n) is 9.25. The van der Waals surface area contributed by atoms with Crippen molar-refractivity contribution in [3.63, 3.8) is 0 Å². The number of amides is 1. The predicted octanol–water partition coefficient (Wildman–Crippen LogP) is 16.7. The first-order chi connectivity index (χ1) is 41.7. The first-order valence-corrected chi connectivity index (χ1v) is 33.3. The van der Waals surface area contributed by atoms with E-state index in [1.165, 1.54) is 51.4 Å². The van der Waals surface area contributed by atoms with Gasteiger partial charge in [0.05, 0.1) is 25.4 Å². The number of aliphatic hydroxyl groups is 5. The van der Waals surface area contributed by atoms with Crippen LogP contribution in [0.3, 0.4) is 0 Å². The van der Waals surface area contributed by atoms with Crippen molar-refractivity contribution in [2.75, 3.05) is 13.2 Å². The van der Waals surface area contributed by atoms with Gasteiger partial charge in [0, 0.05) is 6.42 Å². The number of nitrogens with one attached hydrogen (secondary N) is 1. The minimum atomic E-state index is -1.65. The van der Waals surface area contributed by atoms with E-state index in [-0.39, 0.29) is 19.4 Å². The summed E-state index contributed by atoms with van der Waals surface area (Å²) < 4.78 is 17.6. The Balaban J connectivity index is 2.71. The maximum atomic E-state index is 13.4. The van der Waals surface area contributed by atoms with E-state index in [4.69, 9.17) is 14.2 Å². The van der Waals surface area contributed by atoms with Crippen LogP contribution in [0.4, 0.5) is 0 Å². The summed E-state index contributed by atoms with van der Waals surface area (Å²) in [5.41, 5.74) is 0. The average molecular weight is 1180 g/mol. The summed E-state index contributed by atoms with van der Waals surface area (Å²) in [6.07, 6.45) is 77.0. The highest BCUT2D eigenvalue weighted by Gasteiger charge is 2.47. The molecular formula is C74H119NO10. The van der Waals surface area contributed by atoms with E-state index in [0.717, 1.165) is 128 Å². The van der Waals surface area contributed by atoms with Gasteiger partial charge in [-0.05, 0) is 128 Å². The van der Waals surface area contributed by atoms with Crippen LogP contribution in [0.2, 0.25) is 0 Å². The number of esters is 1. The Morgan fingerprint density at radius 1 is 0.471 bits per heavy atom. The number of hydrogen-bond acceptors (Lipinski definition) is 10. The molecule has 1 saturated heterocycles. The third kappa shape index (κ3) is 47.1. The number of unbranched alkanes of at least 4 members (excludes halogenated alkanes) is 16. The summed E-state index contributed by atoms with van der Waals surface area (Å²) >= 11 is 0. The summed E-state index contributed by atoms with van der Waals surface area (Å²) in [6.45, 7) is 5.51. The number of rotatable bonds is 54. The van der Waals surface area contributed by atoms with E-state index in [1.807, 2.05) is 12.2 Å². The van der Waals surface area contributed by atoms with Gasteiger partial charge in [0.25, 0.3) is 0 Å². The summed E-state index contributed by atoms with van der Waals surface area (Å²) in [5, 5.41) is 57.1. The molecule has 1 heterocycles. The molecule has 0 aromatic carbocycles. The molecule has 480 valence electrons. The highest BCUT2D eigenvalue weighted by atomic mass is 16.7. The lowest BCUT2D eigenvalue weighted by Crippen LogP contribution is -2.61. The zero-order chi connectivity index (χ0) is 61.7. The standard InChI is InChI=1S/C74H119NO10/c1-4-7-10-13-16-19-22-25-27-29-31-33-34-35-37-39-41-44-47-50-53-56-59-62-69(79)85-72-71(81)70(80)68(63-76)84-74(72)83-64-65(66(77)60-57-54-51-48-45-42-24-21-18-15-12-9-6-3)75-73(82)67(78)61-58-55-52-49-46-43-40-38-36-32-30-28-26-23-20-17-14-11-8-5-2/h7-8,10-11,16-17,19-20,25-28,31-33,35-37,40-41,43-44,49,52,57,60,65-68,70-72,74,76-78,80-81H,4-6,9,12-15,18,21-24,29-30,34,38-39,42,45-48,50-51,53-56,58-59,61-64H2,1-3H3,(H,75,82)/b10-7-,11-8-,19-16-,20-17-,27-25-,28-26-,33-31-,36-32-,37-35-,43-40-,44-41-,52-49-,60-57+. The molecule has 85 heavy (non-hydrogen) atoms. The minimum Gasteiger partial charge on any atom is -0.454 e. The molecule has 11 heteroatoms. The number of carbonyl (C=O) groups excluding carboxylic acids is 2. The predicted molar refractivity (Wildman–Crippen MR) is 356 cm³/mol. The molecule has 8 atom stereocenters. The van der Waals surface area contributed by atoms with Crippen LogP contribution in [0.5, 0.6) is 0 Å². The van der Waals surface area contributed by atoms with Gasteiger partial charge in [-0.1, -0.05) is 256 Å². The Morgan fingerprint density at radius 2 is 0.847 bits per heavy atom. The van der Waals surface area contributed by atoms with Crippen molar-refractivity contribution in [1.82, 2.24) is 5.32 Å². The highest BCUT2D eigenvalue weighted by molar-refractivity contribution is 5.80. The fourth-order valence-corrected chi connectivity index (χ4v) is 9.25. The number of aliphatic hydroxyl groups excluding tert-OH is 5. The molecular weight excluding hydrogens is 1060 g/mol. The van der Waals surface area contributed by atoms with Gasteiger partial charge in [-0.2, -0.15) is 0 Å². The lowest BCUT2D eigenvalue weighted by Gasteiger charge is -2.41. The average Bonchev–Trinajstić information content (AvgIpc) is 2.49. The lowest BCUT2D eigenvalue weighted by molar-refractivity contribution is -0.305. The van der Waals surface area contributed by atoms with Gasteiger partial charge < -0.3 is 45.1 Å². The van der Waals surface area contributed by atoms with Crippen LogP contribution in [-0.2, 0) is 23.8 Å². The molecule has 0 aliphatic carbocycles. The third-order valence-corrected chi connectivity index (χ3v) is 14.4. The zero-order valence-electron chi connectivity index (χ0n) is 53.2. The zero-order valence-corrected chi connectivity index (χ0v) is 53.2. The largest absolute Gasteiger partial charge is 0.454 e. The van der Waals surface area contributed by atoms with Crippen LogP contribution in [0.15, 0.2) is 158 Å². The SMILES string of the molecule is CC/C=C\C/C=C\C/C=C\C/C=C\C/C=C\C/C=C\CCCCCCC(=O)OC1C(OCC(NC(=O)C(O)CCC/C=C\C/C=C\C/C=C\C/C=C\C/C=C\C/C=C\CC)C(O)/C=C/CCCCCCCCCCCCC)OC(CO)C(O)C1O. The molecule has 0 aromatic heterocycles. The van der Waals surface area contributed by atoms with E-state index < -0.39 is 67.4 Å². The van der Waals surface area contributed by atoms with Gasteiger partial charge in [0.1, 0.15) is 24.4 Å². The normalized spacial score (nSPS) is 19.5. The molecule has 1 amide bonds. The first-order valence-electron chi connectivity index (χ1n) is 33.3. The molecule has 6 N–H and O–H groups in total. The van der Waals surface area contributed by atoms with Crippen LogP contribution in [0.1, 0.15) is 233 Å². The molecule has 0 spiro atoms. The Morgan fingerprint density at radius 3 is 1.27 bits per heavy atom. The van der Waals surface area contributed by atoms with Crippen molar-refractivity contribution in [3.8, 4) is 0 Å². The van der Waals surface area contributed by atoms with E-state index in [2.05, 4.69) is 166 Å². The number of allylic oxidation sites excluding steroid dienone is 25. The number of hydrogen-bond donors (Lipinski definition) is 6. The van der Waals surface area contributed by atoms with Crippen LogP contribution in [-0.4, -0.2) is 99.6 Å². The van der Waals surface area contributed by atoms with Crippen LogP contribution in [0, 0.1) is 0 Å². The molecule has 1 aliphatic heterocycles. The second-order valence-corrected chi connectivity index (χ2v) is 22.1. The van der Waals surface area contributed by atoms with Gasteiger partial charge in [0.2, 0.25) is 5.91 Å². The monoisotopic (exact) mass is 1180 g/mol. The summed E-state index contributed by atoms with van der Waals surface area (Å²) in [4.78, 5) is 26.6. The summed E-state index contributed by atoms with van der Waals surface area (Å²) in [5.74, 6) is -1.28. The van der Waals surface area contributed by atoms with E-state index >= 15 is 0 Å². The minimum absolute atomic E-state index is 0.0780. The highest BCUT2D eigenvalue weighted by Crippen LogP contribution is 2.26. The van der Waals surface area contributed by atoms with E-state index in [0.29, 0.717) is 19.3 Å². The fraction of sp³-hybridized carbons (Fsp3) is 0.622. The maximum absolute atomic E-state index is 13.4. The van der Waals surface area contributed by atoms with Crippen LogP contribution < -0.4 is 5.32 Å². The molecule has 0 bridgehead atoms. The van der Waals surface area contributed by atoms with E-state index in [1.54, 1.807) is 6.08 Å². The van der Waals surface area contributed by atoms with Crippen molar-refractivity contribution in [2.45, 2.75) is 282 Å². The molecule has 8 unspecified atom stereocenters. The summed E-state index contributed by atoms with van der Waals surface area (Å²) in [7, 11) is 0. The van der Waals surface area contributed by atoms with Gasteiger partial charge in [-0.3, -0.25) is 9.59 Å². The van der Waals surface area contributed by atoms with Crippen molar-refractivity contribution in [3.05, 3.63) is 158 Å². The molecule has 0 radical (unpaired) electrons. The second-order valence-electron chi connectivity index (χ2n) is 22.1. The molecule has 1 fully saturated rings. The summed E-state index contributed by atoms with van der Waals surface area (Å²) in [6, 6.07) is -1.07. The number of ether oxygens (including phenoxy) is 3. The number of carbonyl (C=O) groups is 2. The second kappa shape index (κ2) is 59.6. The lowest BCUT2D eigenvalue weighted by atomic mass is 9.99. The van der Waals surface area contributed by atoms with Crippen molar-refractivity contribution >= 4 is 11.9 Å². The third-order valence-electron chi connectivity index (χ3n) is 14.4. The van der Waals surface area contributed by atoms with Gasteiger partial charge in [0.15, 0.2) is 12.4 Å². The van der Waals surface area contributed by atoms with Crippen LogP contribution in [0.25, 0.3) is 0 Å². The Kier molecular flexibility index (Phi) is 54.9. The van der Waals surface area contributed by atoms with Gasteiger partial charge in [-0.15, -0.1) is 0 Å². The molecule has 1 rings (SSSR count). The Labute approximate surface area is 517 Å². The quantitative estimate of drug-likeness (QED) is 0.0195. The van der Waals surface area contributed by atoms with Crippen molar-refractivity contribution in [1.29, 1.82) is 0 Å². The Hall–Kier alpha value is -4.72. The first kappa shape index (κ1) is 78.3. The molecule has 0 aromatic rings. The maximum Gasteiger partial charge on any atom is 0.306 e. The van der Waals surface area contributed by atoms with E-state index in [9.17, 15) is 35.1 Å². The van der Waals surface area contributed by atoms with Crippen molar-refractivity contribution in [2.24, 2.45) is 0 Å².